The Hall–Kier alpha value is -1.11. The van der Waals surface area contributed by atoms with Gasteiger partial charge in [0.25, 0.3) is 0 Å². The van der Waals surface area contributed by atoms with Gasteiger partial charge in [-0.2, -0.15) is 4.31 Å². The molecule has 0 saturated heterocycles. The fourth-order valence-electron chi connectivity index (χ4n) is 2.76. The lowest BCUT2D eigenvalue weighted by atomic mass is 9.93. The Morgan fingerprint density at radius 3 is 2.52 bits per heavy atom. The Morgan fingerprint density at radius 1 is 1.33 bits per heavy atom. The van der Waals surface area contributed by atoms with E-state index in [1.807, 2.05) is 0 Å². The third-order valence-electron chi connectivity index (χ3n) is 4.23. The summed E-state index contributed by atoms with van der Waals surface area (Å²) in [4.78, 5) is 0.326. The number of aryl methyl sites for hydroxylation is 1. The highest BCUT2D eigenvalue weighted by Crippen LogP contribution is 2.33. The zero-order valence-corrected chi connectivity index (χ0v) is 13.5. The fraction of sp³-hybridized carbons (Fsp3) is 0.600. The van der Waals surface area contributed by atoms with Crippen molar-refractivity contribution in [1.29, 1.82) is 0 Å². The van der Waals surface area contributed by atoms with Crippen molar-refractivity contribution in [3.05, 3.63) is 23.3 Å². The molecule has 1 fully saturated rings. The molecule has 0 heterocycles. The van der Waals surface area contributed by atoms with E-state index in [-0.39, 0.29) is 12.6 Å². The van der Waals surface area contributed by atoms with Crippen LogP contribution in [0.4, 0.5) is 5.69 Å². The van der Waals surface area contributed by atoms with Crippen molar-refractivity contribution in [3.8, 4) is 0 Å². The summed E-state index contributed by atoms with van der Waals surface area (Å²) in [5, 5.41) is 9.04. The van der Waals surface area contributed by atoms with Crippen LogP contribution < -0.4 is 5.73 Å². The Labute approximate surface area is 126 Å². The van der Waals surface area contributed by atoms with E-state index in [2.05, 4.69) is 0 Å². The van der Waals surface area contributed by atoms with E-state index in [4.69, 9.17) is 10.8 Å². The van der Waals surface area contributed by atoms with Gasteiger partial charge in [-0.05, 0) is 50.3 Å². The summed E-state index contributed by atoms with van der Waals surface area (Å²) in [6.07, 6.45) is 3.30. The number of aliphatic hydroxyl groups is 1. The Bertz CT molecular complexity index is 610. The van der Waals surface area contributed by atoms with Crippen molar-refractivity contribution >= 4 is 15.7 Å². The van der Waals surface area contributed by atoms with Crippen LogP contribution in [0.25, 0.3) is 0 Å². The molecule has 0 aliphatic heterocycles. The minimum atomic E-state index is -3.58. The molecule has 3 N–H and O–H groups in total. The summed E-state index contributed by atoms with van der Waals surface area (Å²) >= 11 is 0. The normalized spacial score (nSPS) is 16.2. The molecular formula is C15H24N2O3S. The van der Waals surface area contributed by atoms with Crippen molar-refractivity contribution < 1.29 is 13.5 Å². The lowest BCUT2D eigenvalue weighted by Gasteiger charge is -2.37. The van der Waals surface area contributed by atoms with Crippen molar-refractivity contribution in [2.75, 3.05) is 18.9 Å². The number of aliphatic hydroxyl groups excluding tert-OH is 1. The highest BCUT2D eigenvalue weighted by molar-refractivity contribution is 7.89. The van der Waals surface area contributed by atoms with Gasteiger partial charge >= 0.3 is 0 Å². The predicted molar refractivity (Wildman–Crippen MR) is 83.6 cm³/mol. The van der Waals surface area contributed by atoms with Gasteiger partial charge in [0, 0.05) is 24.9 Å². The largest absolute Gasteiger partial charge is 0.398 e. The second kappa shape index (κ2) is 6.34. The molecular weight excluding hydrogens is 288 g/mol. The molecule has 0 bridgehead atoms. The van der Waals surface area contributed by atoms with Gasteiger partial charge in [-0.1, -0.05) is 12.5 Å². The van der Waals surface area contributed by atoms with Gasteiger partial charge in [-0.15, -0.1) is 0 Å². The molecule has 6 heteroatoms. The number of nitrogens with two attached hydrogens (primary N) is 1. The molecule has 0 aromatic heterocycles. The average Bonchev–Trinajstić information content (AvgIpc) is 2.36. The van der Waals surface area contributed by atoms with Crippen molar-refractivity contribution in [2.24, 2.45) is 0 Å². The summed E-state index contributed by atoms with van der Waals surface area (Å²) in [5.74, 6) is 0. The average molecular weight is 312 g/mol. The summed E-state index contributed by atoms with van der Waals surface area (Å²) in [6, 6.07) is 3.55. The van der Waals surface area contributed by atoms with Gasteiger partial charge in [0.1, 0.15) is 0 Å². The van der Waals surface area contributed by atoms with E-state index in [9.17, 15) is 8.42 Å². The number of nitrogens with zero attached hydrogens (tertiary/aromatic N) is 1. The van der Waals surface area contributed by atoms with Crippen LogP contribution in [0.3, 0.4) is 0 Å². The molecule has 0 unspecified atom stereocenters. The summed E-state index contributed by atoms with van der Waals surface area (Å²) in [6.45, 7) is 3.90. The highest BCUT2D eigenvalue weighted by atomic mass is 32.2. The van der Waals surface area contributed by atoms with Gasteiger partial charge in [0.2, 0.25) is 10.0 Å². The van der Waals surface area contributed by atoms with E-state index in [0.29, 0.717) is 29.1 Å². The van der Waals surface area contributed by atoms with Crippen LogP contribution in [-0.4, -0.2) is 37.0 Å². The molecule has 1 aliphatic carbocycles. The lowest BCUT2D eigenvalue weighted by Crippen LogP contribution is -2.45. The first-order chi connectivity index (χ1) is 9.89. The fourth-order valence-corrected chi connectivity index (χ4v) is 4.94. The van der Waals surface area contributed by atoms with E-state index in [0.717, 1.165) is 24.8 Å². The highest BCUT2D eigenvalue weighted by Gasteiger charge is 2.36. The van der Waals surface area contributed by atoms with Crippen LogP contribution in [-0.2, 0) is 10.0 Å². The third-order valence-corrected chi connectivity index (χ3v) is 6.47. The molecule has 0 radical (unpaired) electrons. The van der Waals surface area contributed by atoms with Crippen molar-refractivity contribution in [1.82, 2.24) is 4.31 Å². The molecule has 1 aliphatic rings. The minimum Gasteiger partial charge on any atom is -0.398 e. The molecule has 0 amide bonds. The Balaban J connectivity index is 2.45. The molecule has 21 heavy (non-hydrogen) atoms. The van der Waals surface area contributed by atoms with Crippen LogP contribution >= 0.6 is 0 Å². The molecule has 1 aromatic carbocycles. The van der Waals surface area contributed by atoms with Crippen LogP contribution in [0.2, 0.25) is 0 Å². The van der Waals surface area contributed by atoms with E-state index in [1.54, 1.807) is 30.3 Å². The standard InChI is InChI=1S/C15H24N2O3S/c1-11-7-8-14(16)12(2)15(11)21(19,20)17(9-4-10-18)13-5-3-6-13/h7-8,13,18H,3-6,9-10,16H2,1-2H3. The Kier molecular flexibility index (Phi) is 4.91. The monoisotopic (exact) mass is 312 g/mol. The SMILES string of the molecule is Cc1ccc(N)c(C)c1S(=O)(=O)N(CCCO)C1CCC1. The van der Waals surface area contributed by atoms with E-state index < -0.39 is 10.0 Å². The van der Waals surface area contributed by atoms with Crippen molar-refractivity contribution in [3.63, 3.8) is 0 Å². The lowest BCUT2D eigenvalue weighted by molar-refractivity contribution is 0.198. The number of hydrogen-bond acceptors (Lipinski definition) is 4. The van der Waals surface area contributed by atoms with Crippen LogP contribution in [0.1, 0.15) is 36.8 Å². The molecule has 0 atom stereocenters. The molecule has 2 rings (SSSR count). The molecule has 118 valence electrons. The quantitative estimate of drug-likeness (QED) is 0.785. The zero-order valence-electron chi connectivity index (χ0n) is 12.7. The number of anilines is 1. The maximum Gasteiger partial charge on any atom is 0.243 e. The molecule has 0 spiro atoms. The zero-order chi connectivity index (χ0) is 15.6. The Morgan fingerprint density at radius 2 is 2.00 bits per heavy atom. The third kappa shape index (κ3) is 3.07. The van der Waals surface area contributed by atoms with Crippen molar-refractivity contribution in [2.45, 2.75) is 50.5 Å². The van der Waals surface area contributed by atoms with Gasteiger partial charge in [-0.25, -0.2) is 8.42 Å². The van der Waals surface area contributed by atoms with E-state index >= 15 is 0 Å². The molecule has 1 aromatic rings. The number of hydrogen-bond donors (Lipinski definition) is 2. The maximum atomic E-state index is 13.1. The second-order valence-corrected chi connectivity index (χ2v) is 7.53. The summed E-state index contributed by atoms with van der Waals surface area (Å²) in [7, 11) is -3.58. The first-order valence-corrected chi connectivity index (χ1v) is 8.82. The molecule has 1 saturated carbocycles. The number of rotatable bonds is 6. The topological polar surface area (TPSA) is 83.6 Å². The van der Waals surface area contributed by atoms with Gasteiger partial charge in [-0.3, -0.25) is 0 Å². The maximum absolute atomic E-state index is 13.1. The second-order valence-electron chi connectivity index (χ2n) is 5.70. The van der Waals surface area contributed by atoms with Crippen LogP contribution in [0.5, 0.6) is 0 Å². The van der Waals surface area contributed by atoms with Gasteiger partial charge in [0.15, 0.2) is 0 Å². The summed E-state index contributed by atoms with van der Waals surface area (Å²) < 4.78 is 27.7. The smallest absolute Gasteiger partial charge is 0.243 e. The number of sulfonamides is 1. The van der Waals surface area contributed by atoms with Gasteiger partial charge in [0.05, 0.1) is 4.90 Å². The predicted octanol–water partition coefficient (Wildman–Crippen LogP) is 1.81. The van der Waals surface area contributed by atoms with Gasteiger partial charge < -0.3 is 10.8 Å². The minimum absolute atomic E-state index is 0.00632. The first-order valence-electron chi connectivity index (χ1n) is 7.38. The number of benzene rings is 1. The van der Waals surface area contributed by atoms with E-state index in [1.165, 1.54) is 0 Å². The summed E-state index contributed by atoms with van der Waals surface area (Å²) in [5.41, 5.74) is 7.71. The molecule has 5 nitrogen and oxygen atoms in total. The van der Waals surface area contributed by atoms with Crippen LogP contribution in [0.15, 0.2) is 17.0 Å². The number of nitrogen functional groups attached to an aromatic ring is 1. The van der Waals surface area contributed by atoms with Crippen LogP contribution in [0, 0.1) is 13.8 Å². The first kappa shape index (κ1) is 16.3.